The summed E-state index contributed by atoms with van der Waals surface area (Å²) in [6.45, 7) is 0. The molecule has 2 heteroatoms. The fraction of sp³-hybridized carbons (Fsp3) is 0.333. The highest BCUT2D eigenvalue weighted by Gasteiger charge is 2.19. The molecule has 1 saturated carbocycles. The molecule has 104 valence electrons. The van der Waals surface area contributed by atoms with E-state index in [4.69, 9.17) is 5.73 Å². The van der Waals surface area contributed by atoms with Gasteiger partial charge in [0.25, 0.3) is 0 Å². The molecule has 1 fully saturated rings. The minimum atomic E-state index is 0.651. The van der Waals surface area contributed by atoms with Crippen molar-refractivity contribution in [1.29, 1.82) is 0 Å². The number of benzene rings is 2. The predicted molar refractivity (Wildman–Crippen MR) is 86.4 cm³/mol. The van der Waals surface area contributed by atoms with Crippen molar-refractivity contribution in [3.05, 3.63) is 54.1 Å². The van der Waals surface area contributed by atoms with E-state index >= 15 is 0 Å². The molecule has 0 saturated heterocycles. The first-order chi connectivity index (χ1) is 9.84. The molecule has 0 aromatic heterocycles. The van der Waals surface area contributed by atoms with Gasteiger partial charge in [-0.1, -0.05) is 49.6 Å². The smallest absolute Gasteiger partial charge is 0.0653 e. The van der Waals surface area contributed by atoms with Crippen molar-refractivity contribution >= 4 is 17.1 Å². The third-order valence-corrected chi connectivity index (χ3v) is 4.22. The third kappa shape index (κ3) is 2.79. The van der Waals surface area contributed by atoms with Crippen LogP contribution in [0, 0.1) is 0 Å². The number of hydrogen-bond acceptors (Lipinski definition) is 2. The Bertz CT molecular complexity index is 557. The van der Waals surface area contributed by atoms with Crippen molar-refractivity contribution in [2.45, 2.75) is 38.0 Å². The van der Waals surface area contributed by atoms with Crippen LogP contribution in [0.5, 0.6) is 0 Å². The van der Waals surface area contributed by atoms with Gasteiger partial charge in [0.15, 0.2) is 0 Å². The Kier molecular flexibility index (Phi) is 3.91. The molecule has 0 heterocycles. The first-order valence-corrected chi connectivity index (χ1v) is 7.55. The van der Waals surface area contributed by atoms with E-state index in [2.05, 4.69) is 29.6 Å². The van der Waals surface area contributed by atoms with Crippen LogP contribution in [0.2, 0.25) is 0 Å². The van der Waals surface area contributed by atoms with Gasteiger partial charge in [-0.3, -0.25) is 0 Å². The van der Waals surface area contributed by atoms with Gasteiger partial charge in [0, 0.05) is 5.69 Å². The molecule has 0 atom stereocenters. The standard InChI is InChI=1S/C18H22N2/c19-17-13-7-12-16(14-8-3-1-4-9-14)18(17)20-15-10-5-2-6-11-15/h2,5-7,10-14,20H,1,3-4,8-9,19H2. The molecule has 0 amide bonds. The van der Waals surface area contributed by atoms with E-state index < -0.39 is 0 Å². The highest BCUT2D eigenvalue weighted by atomic mass is 14.9. The Hall–Kier alpha value is -1.96. The van der Waals surface area contributed by atoms with Crippen LogP contribution < -0.4 is 11.1 Å². The Labute approximate surface area is 121 Å². The lowest BCUT2D eigenvalue weighted by molar-refractivity contribution is 0.444. The summed E-state index contributed by atoms with van der Waals surface area (Å²) in [5.41, 5.74) is 10.6. The minimum absolute atomic E-state index is 0.651. The molecule has 0 unspecified atom stereocenters. The maximum atomic E-state index is 6.21. The van der Waals surface area contributed by atoms with Crippen LogP contribution in [0.15, 0.2) is 48.5 Å². The van der Waals surface area contributed by atoms with Crippen LogP contribution in [-0.4, -0.2) is 0 Å². The molecule has 1 aliphatic rings. The number of rotatable bonds is 3. The Morgan fingerprint density at radius 3 is 2.35 bits per heavy atom. The Balaban J connectivity index is 1.92. The van der Waals surface area contributed by atoms with Gasteiger partial charge >= 0.3 is 0 Å². The highest BCUT2D eigenvalue weighted by molar-refractivity contribution is 5.76. The summed E-state index contributed by atoms with van der Waals surface area (Å²) in [5, 5.41) is 3.51. The maximum absolute atomic E-state index is 6.21. The fourth-order valence-corrected chi connectivity index (χ4v) is 3.15. The van der Waals surface area contributed by atoms with Crippen molar-refractivity contribution < 1.29 is 0 Å². The summed E-state index contributed by atoms with van der Waals surface area (Å²) < 4.78 is 0. The van der Waals surface area contributed by atoms with E-state index in [-0.39, 0.29) is 0 Å². The second kappa shape index (κ2) is 6.00. The van der Waals surface area contributed by atoms with E-state index in [1.54, 1.807) is 0 Å². The van der Waals surface area contributed by atoms with Gasteiger partial charge < -0.3 is 11.1 Å². The summed E-state index contributed by atoms with van der Waals surface area (Å²) in [6.07, 6.45) is 6.62. The van der Waals surface area contributed by atoms with E-state index in [0.717, 1.165) is 17.1 Å². The largest absolute Gasteiger partial charge is 0.397 e. The van der Waals surface area contributed by atoms with Crippen LogP contribution in [0.1, 0.15) is 43.6 Å². The summed E-state index contributed by atoms with van der Waals surface area (Å²) in [4.78, 5) is 0. The normalized spacial score (nSPS) is 16.0. The molecular formula is C18H22N2. The SMILES string of the molecule is Nc1cccc(C2CCCCC2)c1Nc1ccccc1. The molecule has 3 rings (SSSR count). The lowest BCUT2D eigenvalue weighted by Crippen LogP contribution is -2.09. The lowest BCUT2D eigenvalue weighted by Gasteiger charge is -2.25. The molecule has 3 N–H and O–H groups in total. The molecule has 2 aromatic carbocycles. The first kappa shape index (κ1) is 13.0. The van der Waals surface area contributed by atoms with Crippen molar-refractivity contribution in [2.24, 2.45) is 0 Å². The van der Waals surface area contributed by atoms with Crippen molar-refractivity contribution in [3.63, 3.8) is 0 Å². The van der Waals surface area contributed by atoms with Crippen molar-refractivity contribution in [1.82, 2.24) is 0 Å². The number of nitrogens with two attached hydrogens (primary N) is 1. The van der Waals surface area contributed by atoms with Gasteiger partial charge in [0.1, 0.15) is 0 Å². The summed E-state index contributed by atoms with van der Waals surface area (Å²) in [7, 11) is 0. The van der Waals surface area contributed by atoms with Gasteiger partial charge in [-0.15, -0.1) is 0 Å². The van der Waals surface area contributed by atoms with E-state index in [1.165, 1.54) is 37.7 Å². The van der Waals surface area contributed by atoms with Gasteiger partial charge in [0.05, 0.1) is 11.4 Å². The molecular weight excluding hydrogens is 244 g/mol. The average Bonchev–Trinajstić information content (AvgIpc) is 2.51. The summed E-state index contributed by atoms with van der Waals surface area (Å²) >= 11 is 0. The van der Waals surface area contributed by atoms with Gasteiger partial charge in [-0.25, -0.2) is 0 Å². The molecule has 2 aromatic rings. The number of para-hydroxylation sites is 2. The van der Waals surface area contributed by atoms with Crippen LogP contribution >= 0.6 is 0 Å². The number of anilines is 3. The molecule has 0 radical (unpaired) electrons. The average molecular weight is 266 g/mol. The van der Waals surface area contributed by atoms with Crippen LogP contribution in [-0.2, 0) is 0 Å². The molecule has 0 bridgehead atoms. The Morgan fingerprint density at radius 1 is 0.850 bits per heavy atom. The number of nitrogen functional groups attached to an aromatic ring is 1. The summed E-state index contributed by atoms with van der Waals surface area (Å²) in [6, 6.07) is 16.6. The van der Waals surface area contributed by atoms with E-state index in [0.29, 0.717) is 5.92 Å². The molecule has 2 nitrogen and oxygen atoms in total. The van der Waals surface area contributed by atoms with Crippen LogP contribution in [0.3, 0.4) is 0 Å². The van der Waals surface area contributed by atoms with Crippen molar-refractivity contribution in [3.8, 4) is 0 Å². The molecule has 0 aliphatic heterocycles. The Morgan fingerprint density at radius 2 is 1.60 bits per heavy atom. The zero-order valence-electron chi connectivity index (χ0n) is 11.8. The predicted octanol–water partition coefficient (Wildman–Crippen LogP) is 5.06. The van der Waals surface area contributed by atoms with Gasteiger partial charge in [-0.2, -0.15) is 0 Å². The minimum Gasteiger partial charge on any atom is -0.397 e. The number of hydrogen-bond donors (Lipinski definition) is 2. The van der Waals surface area contributed by atoms with Gasteiger partial charge in [-0.05, 0) is 42.5 Å². The highest BCUT2D eigenvalue weighted by Crippen LogP contribution is 2.39. The maximum Gasteiger partial charge on any atom is 0.0653 e. The summed E-state index contributed by atoms with van der Waals surface area (Å²) in [5.74, 6) is 0.651. The molecule has 1 aliphatic carbocycles. The second-order valence-corrected chi connectivity index (χ2v) is 5.64. The lowest BCUT2D eigenvalue weighted by atomic mass is 9.83. The monoisotopic (exact) mass is 266 g/mol. The van der Waals surface area contributed by atoms with Gasteiger partial charge in [0.2, 0.25) is 0 Å². The topological polar surface area (TPSA) is 38.0 Å². The quantitative estimate of drug-likeness (QED) is 0.762. The molecule has 20 heavy (non-hydrogen) atoms. The second-order valence-electron chi connectivity index (χ2n) is 5.64. The van der Waals surface area contributed by atoms with E-state index in [9.17, 15) is 0 Å². The van der Waals surface area contributed by atoms with E-state index in [1.807, 2.05) is 24.3 Å². The van der Waals surface area contributed by atoms with Crippen LogP contribution in [0.25, 0.3) is 0 Å². The fourth-order valence-electron chi connectivity index (χ4n) is 3.15. The van der Waals surface area contributed by atoms with Crippen LogP contribution in [0.4, 0.5) is 17.1 Å². The zero-order valence-corrected chi connectivity index (χ0v) is 11.8. The first-order valence-electron chi connectivity index (χ1n) is 7.55. The zero-order chi connectivity index (χ0) is 13.8. The third-order valence-electron chi connectivity index (χ3n) is 4.22. The molecule has 0 spiro atoms. The van der Waals surface area contributed by atoms with Crippen molar-refractivity contribution in [2.75, 3.05) is 11.1 Å². The number of nitrogens with one attached hydrogen (secondary N) is 1.